The monoisotopic (exact) mass is 469 g/mol. The Morgan fingerprint density at radius 2 is 2.07 bits per heavy atom. The second-order valence-electron chi connectivity index (χ2n) is 6.23. The molecule has 0 spiro atoms. The number of hydrogen-bond donors (Lipinski definition) is 2. The van der Waals surface area contributed by atoms with Crippen molar-refractivity contribution in [3.63, 3.8) is 0 Å². The van der Waals surface area contributed by atoms with E-state index in [-0.39, 0.29) is 45.8 Å². The molecule has 3 heterocycles. The Balaban J connectivity index is 1.43. The average molecular weight is 470 g/mol. The smallest absolute Gasteiger partial charge is 0.447 e. The standard InChI is InChI=1S/C16H16Cl2F3N5O4/c17-9-2-4-10(24-12(9)18)13(27)23-8-1-3-11(22-7-8)14-25-26-15(30-14)28-5-6-29-16(19,20)21/h2,4,8,11,22H,1,3,5-7H2,(H,23,27)/t8-,11+/m0/s1. The fourth-order valence-electron chi connectivity index (χ4n) is 2.70. The van der Waals surface area contributed by atoms with Crippen LogP contribution in [0.4, 0.5) is 13.2 Å². The van der Waals surface area contributed by atoms with Crippen molar-refractivity contribution in [2.24, 2.45) is 0 Å². The van der Waals surface area contributed by atoms with Crippen molar-refractivity contribution in [3.05, 3.63) is 33.9 Å². The van der Waals surface area contributed by atoms with Crippen LogP contribution in [0, 0.1) is 0 Å². The molecule has 164 valence electrons. The Bertz CT molecular complexity index is 875. The molecule has 0 aromatic carbocycles. The zero-order chi connectivity index (χ0) is 21.7. The summed E-state index contributed by atoms with van der Waals surface area (Å²) in [4.78, 5) is 16.2. The SMILES string of the molecule is O=C(N[C@H]1CC[C@H](c2nnc(OCCOC(F)(F)F)o2)NC1)c1ccc(Cl)c(Cl)n1. The summed E-state index contributed by atoms with van der Waals surface area (Å²) >= 11 is 11.6. The van der Waals surface area contributed by atoms with Crippen LogP contribution in [-0.4, -0.2) is 53.3 Å². The van der Waals surface area contributed by atoms with Gasteiger partial charge in [-0.15, -0.1) is 18.3 Å². The lowest BCUT2D eigenvalue weighted by Crippen LogP contribution is -2.47. The molecule has 2 aromatic heterocycles. The molecule has 0 unspecified atom stereocenters. The summed E-state index contributed by atoms with van der Waals surface area (Å²) in [6, 6.07) is 2.52. The minimum atomic E-state index is -4.72. The predicted octanol–water partition coefficient (Wildman–Crippen LogP) is 2.91. The first kappa shape index (κ1) is 22.5. The number of ether oxygens (including phenoxy) is 2. The summed E-state index contributed by atoms with van der Waals surface area (Å²) in [7, 11) is 0. The van der Waals surface area contributed by atoms with E-state index in [2.05, 4.69) is 30.6 Å². The molecular formula is C16H16Cl2F3N5O4. The molecule has 1 fully saturated rings. The Hall–Kier alpha value is -2.15. The lowest BCUT2D eigenvalue weighted by Gasteiger charge is -2.28. The van der Waals surface area contributed by atoms with Gasteiger partial charge in [-0.1, -0.05) is 28.3 Å². The molecule has 9 nitrogen and oxygen atoms in total. The van der Waals surface area contributed by atoms with Gasteiger partial charge in [0, 0.05) is 12.6 Å². The number of nitrogens with one attached hydrogen (secondary N) is 2. The van der Waals surface area contributed by atoms with Crippen molar-refractivity contribution in [1.82, 2.24) is 25.8 Å². The van der Waals surface area contributed by atoms with Crippen molar-refractivity contribution >= 4 is 29.1 Å². The summed E-state index contributed by atoms with van der Waals surface area (Å²) in [5.74, 6) is -0.147. The molecule has 1 aliphatic rings. The number of carbonyl (C=O) groups excluding carboxylic acids is 1. The number of pyridine rings is 1. The Morgan fingerprint density at radius 3 is 2.73 bits per heavy atom. The van der Waals surface area contributed by atoms with E-state index in [1.807, 2.05) is 0 Å². The first-order chi connectivity index (χ1) is 14.2. The highest BCUT2D eigenvalue weighted by Crippen LogP contribution is 2.24. The fraction of sp³-hybridized carbons (Fsp3) is 0.500. The van der Waals surface area contributed by atoms with Gasteiger partial charge >= 0.3 is 12.4 Å². The van der Waals surface area contributed by atoms with Gasteiger partial charge in [0.25, 0.3) is 5.91 Å². The topological polar surface area (TPSA) is 111 Å². The van der Waals surface area contributed by atoms with Gasteiger partial charge in [-0.05, 0) is 25.0 Å². The third kappa shape index (κ3) is 6.42. The van der Waals surface area contributed by atoms with Gasteiger partial charge in [0.15, 0.2) is 0 Å². The molecule has 1 amide bonds. The van der Waals surface area contributed by atoms with Gasteiger partial charge in [0.1, 0.15) is 17.5 Å². The van der Waals surface area contributed by atoms with Crippen LogP contribution >= 0.6 is 23.2 Å². The minimum absolute atomic E-state index is 0.0468. The molecule has 1 aliphatic heterocycles. The Morgan fingerprint density at radius 1 is 1.27 bits per heavy atom. The highest BCUT2D eigenvalue weighted by atomic mass is 35.5. The number of nitrogens with zero attached hydrogens (tertiary/aromatic N) is 3. The maximum Gasteiger partial charge on any atom is 0.522 e. The first-order valence-electron chi connectivity index (χ1n) is 8.74. The van der Waals surface area contributed by atoms with Crippen molar-refractivity contribution in [2.75, 3.05) is 19.8 Å². The van der Waals surface area contributed by atoms with Crippen molar-refractivity contribution in [2.45, 2.75) is 31.3 Å². The molecule has 30 heavy (non-hydrogen) atoms. The van der Waals surface area contributed by atoms with E-state index >= 15 is 0 Å². The van der Waals surface area contributed by atoms with Crippen LogP contribution in [0.15, 0.2) is 16.5 Å². The molecule has 1 saturated heterocycles. The van der Waals surface area contributed by atoms with Gasteiger partial charge in [-0.2, -0.15) is 0 Å². The molecule has 0 aliphatic carbocycles. The van der Waals surface area contributed by atoms with E-state index in [1.165, 1.54) is 12.1 Å². The maximum atomic E-state index is 12.3. The van der Waals surface area contributed by atoms with Crippen LogP contribution in [0.1, 0.15) is 35.3 Å². The number of hydrogen-bond acceptors (Lipinski definition) is 8. The summed E-state index contributed by atoms with van der Waals surface area (Å²) in [5, 5.41) is 13.8. The van der Waals surface area contributed by atoms with E-state index in [1.54, 1.807) is 0 Å². The molecule has 2 N–H and O–H groups in total. The van der Waals surface area contributed by atoms with Crippen LogP contribution in [0.2, 0.25) is 10.2 Å². The highest BCUT2D eigenvalue weighted by molar-refractivity contribution is 6.41. The lowest BCUT2D eigenvalue weighted by atomic mass is 10.0. The van der Waals surface area contributed by atoms with Gasteiger partial charge in [0.05, 0.1) is 17.7 Å². The zero-order valence-electron chi connectivity index (χ0n) is 15.2. The Labute approximate surface area is 178 Å². The van der Waals surface area contributed by atoms with Gasteiger partial charge in [0.2, 0.25) is 5.89 Å². The minimum Gasteiger partial charge on any atom is -0.447 e. The molecular weight excluding hydrogens is 454 g/mol. The average Bonchev–Trinajstić information content (AvgIpc) is 3.16. The van der Waals surface area contributed by atoms with Gasteiger partial charge in [-0.3, -0.25) is 9.53 Å². The van der Waals surface area contributed by atoms with Crippen LogP contribution in [0.5, 0.6) is 6.08 Å². The van der Waals surface area contributed by atoms with Crippen LogP contribution in [-0.2, 0) is 4.74 Å². The van der Waals surface area contributed by atoms with E-state index in [9.17, 15) is 18.0 Å². The number of piperidine rings is 1. The largest absolute Gasteiger partial charge is 0.522 e. The molecule has 2 aromatic rings. The predicted molar refractivity (Wildman–Crippen MR) is 97.3 cm³/mol. The zero-order valence-corrected chi connectivity index (χ0v) is 16.7. The maximum absolute atomic E-state index is 12.3. The molecule has 3 rings (SSSR count). The van der Waals surface area contributed by atoms with E-state index in [0.717, 1.165) is 0 Å². The van der Waals surface area contributed by atoms with Crippen LogP contribution in [0.3, 0.4) is 0 Å². The molecule has 14 heteroatoms. The number of alkyl halides is 3. The summed E-state index contributed by atoms with van der Waals surface area (Å²) < 4.78 is 49.5. The van der Waals surface area contributed by atoms with E-state index in [4.69, 9.17) is 32.4 Å². The number of halogens is 5. The second kappa shape index (κ2) is 9.77. The van der Waals surface area contributed by atoms with Crippen LogP contribution < -0.4 is 15.4 Å². The Kier molecular flexibility index (Phi) is 7.34. The number of carbonyl (C=O) groups is 1. The molecule has 0 radical (unpaired) electrons. The quantitative estimate of drug-likeness (QED) is 0.470. The van der Waals surface area contributed by atoms with E-state index in [0.29, 0.717) is 19.4 Å². The highest BCUT2D eigenvalue weighted by Gasteiger charge is 2.29. The second-order valence-corrected chi connectivity index (χ2v) is 6.99. The van der Waals surface area contributed by atoms with Crippen molar-refractivity contribution in [1.29, 1.82) is 0 Å². The third-order valence-corrected chi connectivity index (χ3v) is 4.77. The number of aromatic nitrogens is 3. The number of amides is 1. The summed E-state index contributed by atoms with van der Waals surface area (Å²) in [6.07, 6.45) is -3.79. The third-order valence-electron chi connectivity index (χ3n) is 4.08. The van der Waals surface area contributed by atoms with Gasteiger partial charge < -0.3 is 19.8 Å². The summed E-state index contributed by atoms with van der Waals surface area (Å²) in [6.45, 7) is -0.663. The molecule has 0 saturated carbocycles. The first-order valence-corrected chi connectivity index (χ1v) is 9.50. The van der Waals surface area contributed by atoms with Crippen molar-refractivity contribution < 1.29 is 31.9 Å². The summed E-state index contributed by atoms with van der Waals surface area (Å²) in [5.41, 5.74) is 0.153. The van der Waals surface area contributed by atoms with Crippen molar-refractivity contribution in [3.8, 4) is 6.08 Å². The molecule has 0 bridgehead atoms. The number of rotatable bonds is 7. The fourth-order valence-corrected chi connectivity index (χ4v) is 2.96. The van der Waals surface area contributed by atoms with Crippen LogP contribution in [0.25, 0.3) is 0 Å². The van der Waals surface area contributed by atoms with E-state index < -0.39 is 19.6 Å². The van der Waals surface area contributed by atoms with Gasteiger partial charge in [-0.25, -0.2) is 4.98 Å². The normalized spacial score (nSPS) is 19.5. The molecule has 2 atom stereocenters. The lowest BCUT2D eigenvalue weighted by molar-refractivity contribution is -0.325.